The highest BCUT2D eigenvalue weighted by Crippen LogP contribution is 2.35. The summed E-state index contributed by atoms with van der Waals surface area (Å²) in [5, 5.41) is 20.9. The molecule has 1 N–H and O–H groups in total. The maximum absolute atomic E-state index is 13.0. The molecule has 0 aromatic heterocycles. The molecule has 2 unspecified atom stereocenters. The molecule has 7 heteroatoms. The van der Waals surface area contributed by atoms with Crippen molar-refractivity contribution in [3.8, 4) is 0 Å². The van der Waals surface area contributed by atoms with Crippen LogP contribution >= 0.6 is 0 Å². The Balaban J connectivity index is 1.95. The first-order valence-corrected chi connectivity index (χ1v) is 8.21. The second-order valence-corrected chi connectivity index (χ2v) is 6.40. The highest BCUT2D eigenvalue weighted by molar-refractivity contribution is 6.00. The van der Waals surface area contributed by atoms with Gasteiger partial charge in [-0.1, -0.05) is 42.5 Å². The molecular weight excluding hydrogens is 336 g/mol. The first-order chi connectivity index (χ1) is 12.4. The van der Waals surface area contributed by atoms with Crippen LogP contribution in [0.5, 0.6) is 0 Å². The summed E-state index contributed by atoms with van der Waals surface area (Å²) in [4.78, 5) is 36.8. The van der Waals surface area contributed by atoms with Crippen LogP contribution in [0.25, 0.3) is 0 Å². The molecule has 0 spiro atoms. The van der Waals surface area contributed by atoms with Crippen molar-refractivity contribution in [3.63, 3.8) is 0 Å². The van der Waals surface area contributed by atoms with E-state index in [4.69, 9.17) is 0 Å². The van der Waals surface area contributed by atoms with Gasteiger partial charge in [0.2, 0.25) is 0 Å². The number of nitrogens with zero attached hydrogens (tertiary/aromatic N) is 2. The van der Waals surface area contributed by atoms with Crippen molar-refractivity contribution in [2.75, 3.05) is 13.1 Å². The minimum absolute atomic E-state index is 0.0235. The van der Waals surface area contributed by atoms with Crippen LogP contribution in [0.4, 0.5) is 5.69 Å². The lowest BCUT2D eigenvalue weighted by Gasteiger charge is -2.17. The summed E-state index contributed by atoms with van der Waals surface area (Å²) in [6.45, 7) is 1.88. The maximum Gasteiger partial charge on any atom is 0.308 e. The van der Waals surface area contributed by atoms with Crippen molar-refractivity contribution >= 4 is 17.6 Å². The van der Waals surface area contributed by atoms with Crippen molar-refractivity contribution in [1.29, 1.82) is 0 Å². The summed E-state index contributed by atoms with van der Waals surface area (Å²) in [6.07, 6.45) is 0. The van der Waals surface area contributed by atoms with Gasteiger partial charge in [-0.2, -0.15) is 0 Å². The Morgan fingerprint density at radius 3 is 2.42 bits per heavy atom. The second-order valence-electron chi connectivity index (χ2n) is 6.40. The molecule has 1 aliphatic heterocycles. The number of hydrogen-bond acceptors (Lipinski definition) is 4. The van der Waals surface area contributed by atoms with E-state index in [1.807, 2.05) is 30.3 Å². The van der Waals surface area contributed by atoms with Crippen LogP contribution in [0.15, 0.2) is 48.5 Å². The van der Waals surface area contributed by atoms with E-state index in [0.29, 0.717) is 5.56 Å². The fourth-order valence-corrected chi connectivity index (χ4v) is 3.50. The van der Waals surface area contributed by atoms with Gasteiger partial charge in [0.25, 0.3) is 11.6 Å². The van der Waals surface area contributed by atoms with Crippen molar-refractivity contribution in [3.05, 3.63) is 75.3 Å². The third-order valence-corrected chi connectivity index (χ3v) is 4.81. The summed E-state index contributed by atoms with van der Waals surface area (Å²) in [6, 6.07) is 13.6. The fourth-order valence-electron chi connectivity index (χ4n) is 3.50. The zero-order valence-corrected chi connectivity index (χ0v) is 14.2. The number of amides is 1. The number of rotatable bonds is 4. The molecule has 3 rings (SSSR count). The van der Waals surface area contributed by atoms with Crippen molar-refractivity contribution in [2.45, 2.75) is 12.8 Å². The molecule has 0 radical (unpaired) electrons. The molecule has 1 heterocycles. The minimum Gasteiger partial charge on any atom is -0.481 e. The smallest absolute Gasteiger partial charge is 0.308 e. The summed E-state index contributed by atoms with van der Waals surface area (Å²) in [7, 11) is 0. The van der Waals surface area contributed by atoms with E-state index in [1.54, 1.807) is 13.0 Å². The van der Waals surface area contributed by atoms with Crippen LogP contribution in [0.1, 0.15) is 27.4 Å². The maximum atomic E-state index is 13.0. The van der Waals surface area contributed by atoms with Crippen LogP contribution in [0.2, 0.25) is 0 Å². The zero-order chi connectivity index (χ0) is 18.8. The number of benzene rings is 2. The Labute approximate surface area is 150 Å². The lowest BCUT2D eigenvalue weighted by molar-refractivity contribution is -0.385. The molecule has 0 saturated carbocycles. The van der Waals surface area contributed by atoms with E-state index >= 15 is 0 Å². The molecule has 26 heavy (non-hydrogen) atoms. The highest BCUT2D eigenvalue weighted by atomic mass is 16.6. The van der Waals surface area contributed by atoms with Crippen molar-refractivity contribution < 1.29 is 19.6 Å². The number of aliphatic carboxylic acids is 1. The lowest BCUT2D eigenvalue weighted by Crippen LogP contribution is -2.31. The molecule has 7 nitrogen and oxygen atoms in total. The Bertz CT molecular complexity index is 865. The molecule has 1 fully saturated rings. The molecule has 1 aliphatic rings. The number of likely N-dealkylation sites (tertiary alicyclic amines) is 1. The molecule has 0 aliphatic carbocycles. The fraction of sp³-hybridized carbons (Fsp3) is 0.263. The molecular formula is C19H18N2O5. The highest BCUT2D eigenvalue weighted by Gasteiger charge is 2.42. The molecule has 0 bridgehead atoms. The number of nitro benzene ring substituents is 1. The van der Waals surface area contributed by atoms with E-state index in [2.05, 4.69) is 0 Å². The SMILES string of the molecule is Cc1cccc([N+](=O)[O-])c1C(=O)N1CC(C(=O)O)C(c2ccccc2)C1. The van der Waals surface area contributed by atoms with E-state index in [9.17, 15) is 24.8 Å². The monoisotopic (exact) mass is 354 g/mol. The number of hydrogen-bond donors (Lipinski definition) is 1. The largest absolute Gasteiger partial charge is 0.481 e. The number of carboxylic acid groups (broad SMARTS) is 1. The molecule has 1 saturated heterocycles. The zero-order valence-electron chi connectivity index (χ0n) is 14.2. The summed E-state index contributed by atoms with van der Waals surface area (Å²) in [5.41, 5.74) is 1.11. The van der Waals surface area contributed by atoms with Crippen molar-refractivity contribution in [1.82, 2.24) is 4.90 Å². The number of carboxylic acids is 1. The van der Waals surface area contributed by atoms with Gasteiger partial charge in [-0.25, -0.2) is 0 Å². The average molecular weight is 354 g/mol. The first-order valence-electron chi connectivity index (χ1n) is 8.21. The Morgan fingerprint density at radius 2 is 1.81 bits per heavy atom. The standard InChI is InChI=1S/C19H18N2O5/c1-12-6-5-9-16(21(25)26)17(12)18(22)20-10-14(15(11-20)19(23)24)13-7-3-2-4-8-13/h2-9,14-15H,10-11H2,1H3,(H,23,24). The Morgan fingerprint density at radius 1 is 1.12 bits per heavy atom. The minimum atomic E-state index is -0.978. The van der Waals surface area contributed by atoms with Gasteiger partial charge in [-0.05, 0) is 18.1 Å². The van der Waals surface area contributed by atoms with Gasteiger partial charge >= 0.3 is 5.97 Å². The number of carbonyl (C=O) groups excluding carboxylic acids is 1. The molecule has 2 aromatic rings. The van der Waals surface area contributed by atoms with Crippen LogP contribution in [0, 0.1) is 23.0 Å². The molecule has 2 aromatic carbocycles. The number of aryl methyl sites for hydroxylation is 1. The van der Waals surface area contributed by atoms with Gasteiger partial charge in [0.15, 0.2) is 0 Å². The van der Waals surface area contributed by atoms with E-state index < -0.39 is 22.7 Å². The van der Waals surface area contributed by atoms with E-state index in [-0.39, 0.29) is 30.3 Å². The predicted octanol–water partition coefficient (Wildman–Crippen LogP) is 2.84. The predicted molar refractivity (Wildman–Crippen MR) is 94.0 cm³/mol. The number of nitro groups is 1. The summed E-state index contributed by atoms with van der Waals surface area (Å²) >= 11 is 0. The van der Waals surface area contributed by atoms with Gasteiger partial charge < -0.3 is 10.0 Å². The van der Waals surface area contributed by atoms with Gasteiger partial charge in [0.05, 0.1) is 10.8 Å². The van der Waals surface area contributed by atoms with Crippen LogP contribution in [-0.4, -0.2) is 39.9 Å². The van der Waals surface area contributed by atoms with Gasteiger partial charge in [0, 0.05) is 25.1 Å². The third kappa shape index (κ3) is 3.15. The van der Waals surface area contributed by atoms with E-state index in [1.165, 1.54) is 17.0 Å². The molecule has 134 valence electrons. The second kappa shape index (κ2) is 6.95. The van der Waals surface area contributed by atoms with Crippen LogP contribution < -0.4 is 0 Å². The van der Waals surface area contributed by atoms with Crippen molar-refractivity contribution in [2.24, 2.45) is 5.92 Å². The Hall–Kier alpha value is -3.22. The molecule has 1 amide bonds. The van der Waals surface area contributed by atoms with E-state index in [0.717, 1.165) is 5.56 Å². The van der Waals surface area contributed by atoms with Gasteiger partial charge in [0.1, 0.15) is 5.56 Å². The van der Waals surface area contributed by atoms with Crippen LogP contribution in [-0.2, 0) is 4.79 Å². The summed E-state index contributed by atoms with van der Waals surface area (Å²) in [5.74, 6) is -2.57. The number of carbonyl (C=O) groups is 2. The quantitative estimate of drug-likeness (QED) is 0.672. The van der Waals surface area contributed by atoms with Gasteiger partial charge in [-0.3, -0.25) is 19.7 Å². The average Bonchev–Trinajstić information content (AvgIpc) is 3.07. The van der Waals surface area contributed by atoms with Crippen LogP contribution in [0.3, 0.4) is 0 Å². The first kappa shape index (κ1) is 17.6. The normalized spacial score (nSPS) is 19.3. The Kier molecular flexibility index (Phi) is 4.71. The summed E-state index contributed by atoms with van der Waals surface area (Å²) < 4.78 is 0. The molecule has 2 atom stereocenters. The third-order valence-electron chi connectivity index (χ3n) is 4.81. The topological polar surface area (TPSA) is 101 Å². The lowest BCUT2D eigenvalue weighted by atomic mass is 9.89. The van der Waals surface area contributed by atoms with Gasteiger partial charge in [-0.15, -0.1) is 0 Å².